The fourth-order valence-corrected chi connectivity index (χ4v) is 6.57. The van der Waals surface area contributed by atoms with Crippen molar-refractivity contribution >= 4 is 65.7 Å². The Labute approximate surface area is 255 Å². The van der Waals surface area contributed by atoms with Crippen molar-refractivity contribution < 1.29 is 8.83 Å². The Morgan fingerprint density at radius 1 is 0.378 bits per heavy atom. The van der Waals surface area contributed by atoms with Crippen molar-refractivity contribution in [3.8, 4) is 28.7 Å². The Kier molecular flexibility index (Phi) is 4.90. The van der Waals surface area contributed by atoms with Crippen LogP contribution in [0.2, 0.25) is 0 Å². The third-order valence-corrected chi connectivity index (χ3v) is 8.65. The van der Waals surface area contributed by atoms with Gasteiger partial charge in [0.05, 0.1) is 11.0 Å². The molecule has 0 fully saturated rings. The summed E-state index contributed by atoms with van der Waals surface area (Å²) in [5, 5.41) is 6.50. The van der Waals surface area contributed by atoms with Gasteiger partial charge in [-0.1, -0.05) is 97.1 Å². The van der Waals surface area contributed by atoms with Gasteiger partial charge in [-0.3, -0.25) is 4.57 Å². The molecule has 6 heteroatoms. The van der Waals surface area contributed by atoms with Crippen molar-refractivity contribution in [3.63, 3.8) is 0 Å². The number of aromatic nitrogens is 4. The van der Waals surface area contributed by atoms with Crippen LogP contribution in [0.3, 0.4) is 0 Å². The predicted molar refractivity (Wildman–Crippen MR) is 180 cm³/mol. The van der Waals surface area contributed by atoms with Gasteiger partial charge in [0.2, 0.25) is 5.95 Å². The molecule has 0 radical (unpaired) electrons. The normalized spacial score (nSPS) is 12.0. The van der Waals surface area contributed by atoms with Crippen molar-refractivity contribution in [1.82, 2.24) is 19.5 Å². The van der Waals surface area contributed by atoms with E-state index < -0.39 is 0 Å². The number of rotatable bonds is 3. The number of hydrogen-bond donors (Lipinski definition) is 0. The summed E-state index contributed by atoms with van der Waals surface area (Å²) in [5.41, 5.74) is 7.09. The van der Waals surface area contributed by atoms with Crippen LogP contribution in [0.1, 0.15) is 0 Å². The van der Waals surface area contributed by atoms with Crippen molar-refractivity contribution in [2.45, 2.75) is 0 Å². The van der Waals surface area contributed by atoms with Crippen molar-refractivity contribution in [1.29, 1.82) is 0 Å². The molecule has 45 heavy (non-hydrogen) atoms. The fourth-order valence-electron chi connectivity index (χ4n) is 6.57. The summed E-state index contributed by atoms with van der Waals surface area (Å²) in [5.74, 6) is 1.78. The van der Waals surface area contributed by atoms with E-state index >= 15 is 0 Å². The van der Waals surface area contributed by atoms with E-state index in [4.69, 9.17) is 23.8 Å². The SMILES string of the molecule is c1ccc(-c2nc(-c3ccccc3)nc(-n3c4ccccc4c4cc5c(cc43)oc3cc4oc6ccccc6c4cc35)n2)cc1. The number of furan rings is 2. The van der Waals surface area contributed by atoms with E-state index in [2.05, 4.69) is 53.1 Å². The number of para-hydroxylation sites is 2. The summed E-state index contributed by atoms with van der Waals surface area (Å²) in [7, 11) is 0. The molecule has 10 aromatic rings. The van der Waals surface area contributed by atoms with Crippen LogP contribution in [0.25, 0.3) is 94.4 Å². The van der Waals surface area contributed by atoms with Crippen LogP contribution in [0.15, 0.2) is 142 Å². The molecular formula is C39H22N4O2. The standard InChI is InChI=1S/C39H22N4O2/c1-3-11-23(12-4-1)37-40-38(24-13-5-2-6-14-24)42-39(41-37)43-31-17-9-7-15-25(31)27-19-29-30-20-28-26-16-8-10-18-33(26)44-35(28)22-36(30)45-34(29)21-32(27)43/h1-22H. The molecule has 0 atom stereocenters. The number of benzene rings is 6. The average Bonchev–Trinajstić information content (AvgIpc) is 3.75. The zero-order valence-corrected chi connectivity index (χ0v) is 23.8. The first-order valence-electron chi connectivity index (χ1n) is 14.9. The van der Waals surface area contributed by atoms with Crippen LogP contribution < -0.4 is 0 Å². The van der Waals surface area contributed by atoms with Crippen molar-refractivity contribution in [2.24, 2.45) is 0 Å². The molecule has 0 saturated carbocycles. The second-order valence-corrected chi connectivity index (χ2v) is 11.3. The van der Waals surface area contributed by atoms with Crippen LogP contribution in [0, 0.1) is 0 Å². The highest BCUT2D eigenvalue weighted by Gasteiger charge is 2.20. The van der Waals surface area contributed by atoms with E-state index in [1.165, 1.54) is 0 Å². The average molecular weight is 579 g/mol. The quantitative estimate of drug-likeness (QED) is 0.209. The maximum absolute atomic E-state index is 6.51. The zero-order valence-electron chi connectivity index (χ0n) is 23.8. The smallest absolute Gasteiger partial charge is 0.238 e. The van der Waals surface area contributed by atoms with Crippen LogP contribution in [-0.4, -0.2) is 19.5 Å². The Morgan fingerprint density at radius 2 is 0.911 bits per heavy atom. The van der Waals surface area contributed by atoms with Crippen LogP contribution in [0.5, 0.6) is 0 Å². The fraction of sp³-hybridized carbons (Fsp3) is 0. The van der Waals surface area contributed by atoms with Gasteiger partial charge in [0.25, 0.3) is 0 Å². The highest BCUT2D eigenvalue weighted by atomic mass is 16.3. The third kappa shape index (κ3) is 3.60. The minimum atomic E-state index is 0.549. The van der Waals surface area contributed by atoms with Crippen molar-refractivity contribution in [2.75, 3.05) is 0 Å². The van der Waals surface area contributed by atoms with E-state index in [0.717, 1.165) is 76.8 Å². The first-order chi connectivity index (χ1) is 22.3. The maximum atomic E-state index is 6.51. The molecule has 6 aromatic carbocycles. The molecule has 0 aliphatic heterocycles. The topological polar surface area (TPSA) is 69.9 Å². The molecular weight excluding hydrogens is 556 g/mol. The number of fused-ring (bicyclic) bond motifs is 9. The van der Waals surface area contributed by atoms with Crippen LogP contribution in [-0.2, 0) is 0 Å². The van der Waals surface area contributed by atoms with Crippen LogP contribution >= 0.6 is 0 Å². The molecule has 0 bridgehead atoms. The molecule has 0 unspecified atom stereocenters. The Morgan fingerprint density at radius 3 is 1.62 bits per heavy atom. The lowest BCUT2D eigenvalue weighted by molar-refractivity contribution is 0.656. The van der Waals surface area contributed by atoms with Gasteiger partial charge >= 0.3 is 0 Å². The minimum absolute atomic E-state index is 0.549. The van der Waals surface area contributed by atoms with Gasteiger partial charge in [-0.15, -0.1) is 0 Å². The van der Waals surface area contributed by atoms with Gasteiger partial charge in [0.15, 0.2) is 11.6 Å². The minimum Gasteiger partial charge on any atom is -0.456 e. The van der Waals surface area contributed by atoms with E-state index in [0.29, 0.717) is 17.6 Å². The molecule has 10 rings (SSSR count). The van der Waals surface area contributed by atoms with Gasteiger partial charge < -0.3 is 8.83 Å². The summed E-state index contributed by atoms with van der Waals surface area (Å²) in [4.78, 5) is 15.0. The molecule has 0 spiro atoms. The van der Waals surface area contributed by atoms with Gasteiger partial charge in [0, 0.05) is 55.6 Å². The van der Waals surface area contributed by atoms with Gasteiger partial charge in [-0.05, 0) is 24.3 Å². The Hall–Kier alpha value is -6.27. The van der Waals surface area contributed by atoms with E-state index in [1.54, 1.807) is 0 Å². The largest absolute Gasteiger partial charge is 0.456 e. The van der Waals surface area contributed by atoms with Crippen molar-refractivity contribution in [3.05, 3.63) is 133 Å². The number of nitrogens with zero attached hydrogens (tertiary/aromatic N) is 4. The molecule has 0 N–H and O–H groups in total. The Bertz CT molecular complexity index is 2700. The van der Waals surface area contributed by atoms with E-state index in [9.17, 15) is 0 Å². The number of hydrogen-bond acceptors (Lipinski definition) is 5. The summed E-state index contributed by atoms with van der Waals surface area (Å²) in [6, 6.07) is 45.2. The second-order valence-electron chi connectivity index (χ2n) is 11.3. The van der Waals surface area contributed by atoms with Gasteiger partial charge in [-0.2, -0.15) is 9.97 Å². The lowest BCUT2D eigenvalue weighted by atomic mass is 10.1. The summed E-state index contributed by atoms with van der Waals surface area (Å²) in [6.07, 6.45) is 0. The van der Waals surface area contributed by atoms with Gasteiger partial charge in [0.1, 0.15) is 22.3 Å². The maximum Gasteiger partial charge on any atom is 0.238 e. The lowest BCUT2D eigenvalue weighted by Gasteiger charge is -2.10. The summed E-state index contributed by atoms with van der Waals surface area (Å²) < 4.78 is 14.8. The molecule has 0 aliphatic carbocycles. The summed E-state index contributed by atoms with van der Waals surface area (Å²) >= 11 is 0. The van der Waals surface area contributed by atoms with E-state index in [1.807, 2.05) is 84.9 Å². The predicted octanol–water partition coefficient (Wildman–Crippen LogP) is 10.1. The zero-order chi connectivity index (χ0) is 29.5. The summed E-state index contributed by atoms with van der Waals surface area (Å²) in [6.45, 7) is 0. The molecule has 0 amide bonds. The first kappa shape index (κ1) is 24.2. The molecule has 4 heterocycles. The molecule has 0 aliphatic rings. The Balaban J connectivity index is 1.28. The van der Waals surface area contributed by atoms with E-state index in [-0.39, 0.29) is 0 Å². The monoisotopic (exact) mass is 578 g/mol. The van der Waals surface area contributed by atoms with Gasteiger partial charge in [-0.25, -0.2) is 4.98 Å². The molecule has 210 valence electrons. The van der Waals surface area contributed by atoms with Crippen LogP contribution in [0.4, 0.5) is 0 Å². The lowest BCUT2D eigenvalue weighted by Crippen LogP contribution is -2.06. The highest BCUT2D eigenvalue weighted by Crippen LogP contribution is 2.40. The second kappa shape index (κ2) is 9.11. The first-order valence-corrected chi connectivity index (χ1v) is 14.9. The highest BCUT2D eigenvalue weighted by molar-refractivity contribution is 6.20. The molecule has 0 saturated heterocycles. The third-order valence-electron chi connectivity index (χ3n) is 8.65. The molecule has 6 nitrogen and oxygen atoms in total. The molecule has 4 aromatic heterocycles.